The lowest BCUT2D eigenvalue weighted by atomic mass is 10.2. The summed E-state index contributed by atoms with van der Waals surface area (Å²) < 4.78 is 2.03. The highest BCUT2D eigenvalue weighted by Gasteiger charge is 2.15. The van der Waals surface area contributed by atoms with E-state index in [-0.39, 0.29) is 11.7 Å². The van der Waals surface area contributed by atoms with Crippen LogP contribution in [0.3, 0.4) is 0 Å². The van der Waals surface area contributed by atoms with Gasteiger partial charge in [-0.05, 0) is 31.5 Å². The normalized spacial score (nSPS) is 10.9. The van der Waals surface area contributed by atoms with Gasteiger partial charge in [-0.2, -0.15) is 0 Å². The molecule has 0 unspecified atom stereocenters. The molecule has 3 aromatic heterocycles. The molecule has 1 N–H and O–H groups in total. The number of amides is 1. The van der Waals surface area contributed by atoms with Crippen LogP contribution in [-0.2, 0) is 17.8 Å². The van der Waals surface area contributed by atoms with E-state index in [4.69, 9.17) is 11.6 Å². The molecule has 9 heteroatoms. The molecule has 0 bridgehead atoms. The van der Waals surface area contributed by atoms with Gasteiger partial charge < -0.3 is 9.88 Å². The molecule has 3 rings (SSSR count). The number of aromatic nitrogens is 4. The van der Waals surface area contributed by atoms with Gasteiger partial charge in [0, 0.05) is 28.6 Å². The second-order valence-corrected chi connectivity index (χ2v) is 7.78. The zero-order valence-electron chi connectivity index (χ0n) is 14.4. The van der Waals surface area contributed by atoms with Crippen LogP contribution in [0, 0.1) is 0 Å². The number of thioether (sulfide) groups is 1. The first kappa shape index (κ1) is 18.9. The quantitative estimate of drug-likeness (QED) is 0.589. The van der Waals surface area contributed by atoms with Crippen molar-refractivity contribution in [3.63, 3.8) is 0 Å². The lowest BCUT2D eigenvalue weighted by Gasteiger charge is -2.07. The van der Waals surface area contributed by atoms with Crippen LogP contribution in [0.1, 0.15) is 18.7 Å². The number of nitrogens with zero attached hydrogens (tertiary/aromatic N) is 4. The summed E-state index contributed by atoms with van der Waals surface area (Å²) in [5.41, 5.74) is 1.07. The van der Waals surface area contributed by atoms with E-state index < -0.39 is 0 Å². The van der Waals surface area contributed by atoms with Crippen LogP contribution in [0.25, 0.3) is 11.4 Å². The van der Waals surface area contributed by atoms with Crippen molar-refractivity contribution in [2.75, 3.05) is 11.1 Å². The molecule has 0 aliphatic heterocycles. The summed E-state index contributed by atoms with van der Waals surface area (Å²) in [7, 11) is 0. The van der Waals surface area contributed by atoms with Crippen molar-refractivity contribution in [3.05, 3.63) is 39.7 Å². The number of carbonyl (C=O) groups is 1. The average molecular weight is 408 g/mol. The first-order chi connectivity index (χ1) is 12.6. The van der Waals surface area contributed by atoms with Gasteiger partial charge in [-0.3, -0.25) is 4.79 Å². The Morgan fingerprint density at radius 1 is 1.35 bits per heavy atom. The number of hydrogen-bond donors (Lipinski definition) is 1. The molecule has 0 aliphatic carbocycles. The van der Waals surface area contributed by atoms with Crippen molar-refractivity contribution in [1.29, 1.82) is 0 Å². The SMILES string of the molecule is CCc1cc(-c2nnc(SCC(=O)Nc3ccc(Cl)cn3)n2CC)cs1. The van der Waals surface area contributed by atoms with E-state index in [9.17, 15) is 4.79 Å². The van der Waals surface area contributed by atoms with E-state index in [1.807, 2.05) is 11.5 Å². The van der Waals surface area contributed by atoms with Crippen LogP contribution in [-0.4, -0.2) is 31.4 Å². The van der Waals surface area contributed by atoms with Gasteiger partial charge in [-0.15, -0.1) is 21.5 Å². The zero-order valence-corrected chi connectivity index (χ0v) is 16.8. The van der Waals surface area contributed by atoms with E-state index in [1.54, 1.807) is 23.5 Å². The number of nitrogens with one attached hydrogen (secondary N) is 1. The van der Waals surface area contributed by atoms with Crippen LogP contribution in [0.5, 0.6) is 0 Å². The van der Waals surface area contributed by atoms with Gasteiger partial charge >= 0.3 is 0 Å². The van der Waals surface area contributed by atoms with Gasteiger partial charge in [0.25, 0.3) is 0 Å². The van der Waals surface area contributed by atoms with Crippen molar-refractivity contribution in [2.45, 2.75) is 32.0 Å². The number of aryl methyl sites for hydroxylation is 1. The summed E-state index contributed by atoms with van der Waals surface area (Å²) >= 11 is 8.87. The Labute approximate surface area is 165 Å². The molecule has 26 heavy (non-hydrogen) atoms. The molecular weight excluding hydrogens is 390 g/mol. The number of thiophene rings is 1. The number of hydrogen-bond acceptors (Lipinski definition) is 6. The lowest BCUT2D eigenvalue weighted by Crippen LogP contribution is -2.15. The zero-order chi connectivity index (χ0) is 18.5. The third-order valence-corrected chi connectivity index (χ3v) is 5.89. The number of rotatable bonds is 7. The van der Waals surface area contributed by atoms with Gasteiger partial charge in [0.05, 0.1) is 10.8 Å². The highest BCUT2D eigenvalue weighted by atomic mass is 35.5. The maximum Gasteiger partial charge on any atom is 0.236 e. The van der Waals surface area contributed by atoms with E-state index in [1.165, 1.54) is 22.8 Å². The Balaban J connectivity index is 1.66. The molecule has 0 atom stereocenters. The summed E-state index contributed by atoms with van der Waals surface area (Å²) in [6, 6.07) is 5.50. The molecule has 0 saturated heterocycles. The number of halogens is 1. The minimum absolute atomic E-state index is 0.152. The Morgan fingerprint density at radius 3 is 2.85 bits per heavy atom. The van der Waals surface area contributed by atoms with Gasteiger partial charge in [0.1, 0.15) is 5.82 Å². The highest BCUT2D eigenvalue weighted by Crippen LogP contribution is 2.28. The van der Waals surface area contributed by atoms with Crippen LogP contribution in [0.2, 0.25) is 5.02 Å². The monoisotopic (exact) mass is 407 g/mol. The topological polar surface area (TPSA) is 72.7 Å². The van der Waals surface area contributed by atoms with Gasteiger partial charge in [0.15, 0.2) is 11.0 Å². The predicted octanol–water partition coefficient (Wildman–Crippen LogP) is 4.37. The van der Waals surface area contributed by atoms with E-state index >= 15 is 0 Å². The van der Waals surface area contributed by atoms with Gasteiger partial charge in [-0.1, -0.05) is 30.3 Å². The third-order valence-electron chi connectivity index (χ3n) is 3.62. The number of carbonyl (C=O) groups excluding carboxylic acids is 1. The van der Waals surface area contributed by atoms with E-state index in [0.717, 1.165) is 29.5 Å². The first-order valence-electron chi connectivity index (χ1n) is 8.15. The van der Waals surface area contributed by atoms with Gasteiger partial charge in [0.2, 0.25) is 5.91 Å². The Bertz CT molecular complexity index is 891. The van der Waals surface area contributed by atoms with E-state index in [2.05, 4.69) is 38.9 Å². The molecule has 3 aromatic rings. The third kappa shape index (κ3) is 4.44. The van der Waals surface area contributed by atoms with Crippen LogP contribution < -0.4 is 5.32 Å². The maximum atomic E-state index is 12.1. The number of anilines is 1. The predicted molar refractivity (Wildman–Crippen MR) is 107 cm³/mol. The molecular formula is C17H18ClN5OS2. The summed E-state index contributed by atoms with van der Waals surface area (Å²) in [5, 5.41) is 14.7. The van der Waals surface area contributed by atoms with Crippen molar-refractivity contribution < 1.29 is 4.79 Å². The van der Waals surface area contributed by atoms with Crippen molar-refractivity contribution in [2.24, 2.45) is 0 Å². The summed E-state index contributed by atoms with van der Waals surface area (Å²) in [5.74, 6) is 1.39. The minimum Gasteiger partial charge on any atom is -0.310 e. The average Bonchev–Trinajstić information content (AvgIpc) is 3.27. The fourth-order valence-corrected chi connectivity index (χ4v) is 4.06. The smallest absolute Gasteiger partial charge is 0.236 e. The molecule has 0 spiro atoms. The fraction of sp³-hybridized carbons (Fsp3) is 0.294. The molecule has 1 amide bonds. The minimum atomic E-state index is -0.152. The second kappa shape index (κ2) is 8.66. The van der Waals surface area contributed by atoms with Crippen molar-refractivity contribution >= 4 is 46.4 Å². The molecule has 0 aromatic carbocycles. The molecule has 0 aliphatic rings. The van der Waals surface area contributed by atoms with Crippen LogP contribution in [0.4, 0.5) is 5.82 Å². The molecule has 0 saturated carbocycles. The Hall–Kier alpha value is -1.90. The summed E-state index contributed by atoms with van der Waals surface area (Å²) in [6.45, 7) is 4.92. The summed E-state index contributed by atoms with van der Waals surface area (Å²) in [4.78, 5) is 17.5. The Morgan fingerprint density at radius 2 is 2.19 bits per heavy atom. The van der Waals surface area contributed by atoms with Gasteiger partial charge in [-0.25, -0.2) is 4.98 Å². The highest BCUT2D eigenvalue weighted by molar-refractivity contribution is 7.99. The molecule has 0 fully saturated rings. The standard InChI is InChI=1S/C17H18ClN5OS2/c1-3-13-7-11(9-25-13)16-21-22-17(23(16)4-2)26-10-15(24)20-14-6-5-12(18)8-19-14/h5-9H,3-4,10H2,1-2H3,(H,19,20,24). The lowest BCUT2D eigenvalue weighted by molar-refractivity contribution is -0.113. The molecule has 3 heterocycles. The first-order valence-corrected chi connectivity index (χ1v) is 10.4. The summed E-state index contributed by atoms with van der Waals surface area (Å²) in [6.07, 6.45) is 2.50. The second-order valence-electron chi connectivity index (χ2n) is 5.40. The van der Waals surface area contributed by atoms with Crippen LogP contribution >= 0.6 is 34.7 Å². The van der Waals surface area contributed by atoms with Crippen LogP contribution in [0.15, 0.2) is 34.9 Å². The fourth-order valence-electron chi connectivity index (χ4n) is 2.34. The molecule has 0 radical (unpaired) electrons. The van der Waals surface area contributed by atoms with Crippen molar-refractivity contribution in [1.82, 2.24) is 19.7 Å². The molecule has 6 nitrogen and oxygen atoms in total. The number of pyridine rings is 1. The molecule has 136 valence electrons. The largest absolute Gasteiger partial charge is 0.310 e. The Kier molecular flexibility index (Phi) is 6.29. The van der Waals surface area contributed by atoms with E-state index in [0.29, 0.717) is 10.8 Å². The maximum absolute atomic E-state index is 12.1. The van der Waals surface area contributed by atoms with Crippen molar-refractivity contribution in [3.8, 4) is 11.4 Å².